The molecule has 1 atom stereocenters. The summed E-state index contributed by atoms with van der Waals surface area (Å²) in [6.45, 7) is 3.47. The first-order chi connectivity index (χ1) is 8.49. The fraction of sp³-hybridized carbons (Fsp3) is 0.500. The maximum atomic E-state index is 10.9. The first kappa shape index (κ1) is 12.5. The van der Waals surface area contributed by atoms with Crippen LogP contribution in [0.15, 0.2) is 12.3 Å². The number of carbonyl (C=O) groups is 1. The lowest BCUT2D eigenvalue weighted by Crippen LogP contribution is -2.38. The number of nitrogen functional groups attached to an aromatic ring is 1. The van der Waals surface area contributed by atoms with E-state index >= 15 is 0 Å². The van der Waals surface area contributed by atoms with Crippen LogP contribution in [0.4, 0.5) is 16.3 Å². The number of anilines is 2. The van der Waals surface area contributed by atoms with E-state index < -0.39 is 6.09 Å². The van der Waals surface area contributed by atoms with E-state index in [2.05, 4.69) is 9.88 Å². The molecule has 0 aliphatic carbocycles. The predicted molar refractivity (Wildman–Crippen MR) is 69.8 cm³/mol. The third-order valence-corrected chi connectivity index (χ3v) is 3.38. The van der Waals surface area contributed by atoms with Gasteiger partial charge in [-0.2, -0.15) is 0 Å². The number of aryl methyl sites for hydroxylation is 1. The molecule has 1 amide bonds. The van der Waals surface area contributed by atoms with Gasteiger partial charge in [-0.05, 0) is 25.0 Å². The lowest BCUT2D eigenvalue weighted by atomic mass is 10.2. The second kappa shape index (κ2) is 4.72. The van der Waals surface area contributed by atoms with Crippen molar-refractivity contribution in [2.75, 3.05) is 30.8 Å². The van der Waals surface area contributed by atoms with Crippen LogP contribution in [0.5, 0.6) is 0 Å². The van der Waals surface area contributed by atoms with Crippen LogP contribution in [0, 0.1) is 6.92 Å². The van der Waals surface area contributed by atoms with Gasteiger partial charge in [-0.1, -0.05) is 0 Å². The van der Waals surface area contributed by atoms with Gasteiger partial charge in [0, 0.05) is 20.1 Å². The monoisotopic (exact) mass is 250 g/mol. The average Bonchev–Trinajstić information content (AvgIpc) is 2.77. The Labute approximate surface area is 106 Å². The molecule has 0 radical (unpaired) electrons. The summed E-state index contributed by atoms with van der Waals surface area (Å²) in [6, 6.07) is 1.91. The predicted octanol–water partition coefficient (Wildman–Crippen LogP) is 1.16. The van der Waals surface area contributed by atoms with Crippen LogP contribution in [0.3, 0.4) is 0 Å². The molecule has 1 fully saturated rings. The molecule has 98 valence electrons. The maximum absolute atomic E-state index is 10.9. The number of pyridine rings is 1. The van der Waals surface area contributed by atoms with E-state index in [0.717, 1.165) is 24.3 Å². The third-order valence-electron chi connectivity index (χ3n) is 3.38. The van der Waals surface area contributed by atoms with Crippen LogP contribution in [0.2, 0.25) is 0 Å². The minimum Gasteiger partial charge on any atom is -0.465 e. The third kappa shape index (κ3) is 2.32. The van der Waals surface area contributed by atoms with Gasteiger partial charge in [-0.15, -0.1) is 0 Å². The summed E-state index contributed by atoms with van der Waals surface area (Å²) in [6.07, 6.45) is 1.58. The molecule has 0 unspecified atom stereocenters. The van der Waals surface area contributed by atoms with Gasteiger partial charge in [0.2, 0.25) is 0 Å². The zero-order valence-corrected chi connectivity index (χ0v) is 10.6. The summed E-state index contributed by atoms with van der Waals surface area (Å²) in [5.74, 6) is 0.894. The van der Waals surface area contributed by atoms with Crippen molar-refractivity contribution in [3.05, 3.63) is 17.8 Å². The van der Waals surface area contributed by atoms with Crippen LogP contribution in [-0.2, 0) is 0 Å². The molecule has 2 rings (SSSR count). The number of hydrogen-bond donors (Lipinski definition) is 2. The fourth-order valence-corrected chi connectivity index (χ4v) is 2.33. The second-order valence-corrected chi connectivity index (χ2v) is 4.69. The molecule has 1 aliphatic rings. The number of aromatic nitrogens is 1. The van der Waals surface area contributed by atoms with E-state index in [4.69, 9.17) is 10.8 Å². The molecule has 6 heteroatoms. The van der Waals surface area contributed by atoms with Gasteiger partial charge in [0.05, 0.1) is 17.9 Å². The average molecular weight is 250 g/mol. The Balaban J connectivity index is 2.11. The van der Waals surface area contributed by atoms with Gasteiger partial charge < -0.3 is 20.6 Å². The summed E-state index contributed by atoms with van der Waals surface area (Å²) in [5, 5.41) is 8.97. The molecule has 6 nitrogen and oxygen atoms in total. The standard InChI is InChI=1S/C12H18N4O2/c1-8-5-9(13)6-14-11(8)16-4-3-10(7-16)15(2)12(17)18/h5-6,10H,3-4,7,13H2,1-2H3,(H,17,18)/t10-/m0/s1. The number of rotatable bonds is 2. The van der Waals surface area contributed by atoms with Crippen molar-refractivity contribution in [1.29, 1.82) is 0 Å². The summed E-state index contributed by atoms with van der Waals surface area (Å²) in [7, 11) is 1.61. The molecule has 2 heterocycles. The summed E-state index contributed by atoms with van der Waals surface area (Å²) in [5.41, 5.74) is 7.34. The summed E-state index contributed by atoms with van der Waals surface area (Å²) in [4.78, 5) is 18.7. The molecule has 0 bridgehead atoms. The highest BCUT2D eigenvalue weighted by Gasteiger charge is 2.29. The van der Waals surface area contributed by atoms with Gasteiger partial charge in [0.15, 0.2) is 0 Å². The van der Waals surface area contributed by atoms with Crippen molar-refractivity contribution < 1.29 is 9.90 Å². The lowest BCUT2D eigenvalue weighted by molar-refractivity contribution is 0.142. The first-order valence-corrected chi connectivity index (χ1v) is 5.92. The zero-order chi connectivity index (χ0) is 13.3. The van der Waals surface area contributed by atoms with Crippen molar-refractivity contribution >= 4 is 17.6 Å². The molecule has 3 N–H and O–H groups in total. The largest absolute Gasteiger partial charge is 0.465 e. The van der Waals surface area contributed by atoms with E-state index in [0.29, 0.717) is 12.2 Å². The van der Waals surface area contributed by atoms with Gasteiger partial charge in [-0.3, -0.25) is 0 Å². The molecule has 0 spiro atoms. The number of likely N-dealkylation sites (N-methyl/N-ethyl adjacent to an activating group) is 1. The Morgan fingerprint density at radius 2 is 2.39 bits per heavy atom. The van der Waals surface area contributed by atoms with Crippen LogP contribution in [0.1, 0.15) is 12.0 Å². The number of amides is 1. The summed E-state index contributed by atoms with van der Waals surface area (Å²) < 4.78 is 0. The minimum absolute atomic E-state index is 0.0289. The number of hydrogen-bond acceptors (Lipinski definition) is 4. The van der Waals surface area contributed by atoms with Crippen molar-refractivity contribution in [2.45, 2.75) is 19.4 Å². The first-order valence-electron chi connectivity index (χ1n) is 5.92. The molecule has 0 aromatic carbocycles. The minimum atomic E-state index is -0.885. The number of carboxylic acid groups (broad SMARTS) is 1. The lowest BCUT2D eigenvalue weighted by Gasteiger charge is -2.23. The van der Waals surface area contributed by atoms with E-state index in [1.807, 2.05) is 13.0 Å². The molecule has 0 saturated carbocycles. The van der Waals surface area contributed by atoms with Crippen molar-refractivity contribution in [2.24, 2.45) is 0 Å². The van der Waals surface area contributed by atoms with Crippen molar-refractivity contribution in [1.82, 2.24) is 9.88 Å². The SMILES string of the molecule is Cc1cc(N)cnc1N1CC[C@H](N(C)C(=O)O)C1. The van der Waals surface area contributed by atoms with Crippen LogP contribution in [0.25, 0.3) is 0 Å². The zero-order valence-electron chi connectivity index (χ0n) is 10.6. The van der Waals surface area contributed by atoms with Crippen molar-refractivity contribution in [3.63, 3.8) is 0 Å². The van der Waals surface area contributed by atoms with Gasteiger partial charge in [0.25, 0.3) is 0 Å². The number of nitrogens with two attached hydrogens (primary N) is 1. The molecular weight excluding hydrogens is 232 g/mol. The molecule has 1 aromatic heterocycles. The molecule has 1 aliphatic heterocycles. The van der Waals surface area contributed by atoms with Gasteiger partial charge in [-0.25, -0.2) is 9.78 Å². The Kier molecular flexibility index (Phi) is 3.27. The van der Waals surface area contributed by atoms with Gasteiger partial charge in [0.1, 0.15) is 5.82 Å². The van der Waals surface area contributed by atoms with E-state index in [-0.39, 0.29) is 6.04 Å². The van der Waals surface area contributed by atoms with Crippen LogP contribution >= 0.6 is 0 Å². The van der Waals surface area contributed by atoms with E-state index in [9.17, 15) is 4.79 Å². The van der Waals surface area contributed by atoms with Crippen LogP contribution < -0.4 is 10.6 Å². The quantitative estimate of drug-likeness (QED) is 0.823. The van der Waals surface area contributed by atoms with Crippen molar-refractivity contribution in [3.8, 4) is 0 Å². The maximum Gasteiger partial charge on any atom is 0.407 e. The molecule has 18 heavy (non-hydrogen) atoms. The highest BCUT2D eigenvalue weighted by molar-refractivity contribution is 5.65. The highest BCUT2D eigenvalue weighted by atomic mass is 16.4. The normalized spacial score (nSPS) is 19.0. The topological polar surface area (TPSA) is 82.7 Å². The Bertz CT molecular complexity index is 463. The Morgan fingerprint density at radius 1 is 1.67 bits per heavy atom. The van der Waals surface area contributed by atoms with Gasteiger partial charge >= 0.3 is 6.09 Å². The van der Waals surface area contributed by atoms with Crippen LogP contribution in [-0.4, -0.2) is 47.3 Å². The Hall–Kier alpha value is -1.98. The summed E-state index contributed by atoms with van der Waals surface area (Å²) >= 11 is 0. The second-order valence-electron chi connectivity index (χ2n) is 4.69. The van der Waals surface area contributed by atoms with E-state index in [1.54, 1.807) is 13.2 Å². The number of nitrogens with zero attached hydrogens (tertiary/aromatic N) is 3. The molecular formula is C12H18N4O2. The fourth-order valence-electron chi connectivity index (χ4n) is 2.33. The molecule has 1 aromatic rings. The highest BCUT2D eigenvalue weighted by Crippen LogP contribution is 2.24. The van der Waals surface area contributed by atoms with E-state index in [1.165, 1.54) is 4.90 Å². The smallest absolute Gasteiger partial charge is 0.407 e. The molecule has 1 saturated heterocycles. The Morgan fingerprint density at radius 3 is 3.00 bits per heavy atom.